The first-order valence-corrected chi connectivity index (χ1v) is 40.1. The first-order chi connectivity index (χ1) is 54.0. The van der Waals surface area contributed by atoms with Crippen LogP contribution in [0.4, 0.5) is 0 Å². The average molecular weight is 1500 g/mol. The van der Waals surface area contributed by atoms with Crippen LogP contribution < -0.4 is 10.4 Å². The van der Waals surface area contributed by atoms with E-state index in [1.807, 2.05) is 255 Å². The molecule has 0 bridgehead atoms. The molecule has 1 saturated carbocycles. The highest BCUT2D eigenvalue weighted by Gasteiger charge is 2.61. The number of aliphatic hydroxyl groups excluding tert-OH is 2. The lowest BCUT2D eigenvalue weighted by atomic mass is 9.83. The second-order valence-corrected chi connectivity index (χ2v) is 33.5. The number of aliphatic hydroxyl groups is 2. The standard InChI is InChI=1S/C93H102O16Si/c1-5-56-97-88-89(108-91-79(94)83(100-60-70-42-22-9-23-43-70)81(98-58-68-38-18-7-19-39-68)77(106-91)65-96-57-67-36-16-6-17-37-67)86(103-63-73-48-28-12-29-49-73)85(102-62-72-46-26-11-27-47-72)87(104-64-74-50-30-13-31-51-74)90(88)109-92-80(95)84(101-61-71-44-24-10-25-45-71)82(99-59-69-40-20-8-21-41-69)78(107-92)66-105-110(93(2,3)4,75-52-32-14-33-53-75)76-54-34-15-35-55-76/h5-55,77-92,94-95H,1,56-66H2,2-4H3/t77?,78?,79?,80-,81+,82-,83-,84?,85+,86?,87+,88-,89?,90?,91+,92-/m1/s1. The molecule has 2 aliphatic heterocycles. The highest BCUT2D eigenvalue weighted by atomic mass is 28.4. The molecule has 110 heavy (non-hydrogen) atoms. The van der Waals surface area contributed by atoms with E-state index >= 15 is 0 Å². The summed E-state index contributed by atoms with van der Waals surface area (Å²) in [6.07, 6.45) is -17.9. The van der Waals surface area contributed by atoms with Gasteiger partial charge in [0.05, 0.1) is 72.7 Å². The molecule has 2 N–H and O–H groups in total. The molecule has 10 aromatic carbocycles. The predicted octanol–water partition coefficient (Wildman–Crippen LogP) is 14.4. The SMILES string of the molecule is C=CCO[C@@H]1C(O[C@@H]2OC(COCc3ccccc3)[C@H](OCc3ccccc3)[C@H](OCc3ccccc3)C2O)C(OCc2ccccc2)[C@H](OCc2ccccc2)[C@H](OCc2ccccc2)C1O[C@H]1OC(CO[Si](c2ccccc2)(c2ccccc2)C(C)(C)C)[C@@H](OCc2ccccc2)C(OCc2ccccc2)[C@H]1O. The van der Waals surface area contributed by atoms with Crippen LogP contribution in [0.2, 0.25) is 5.04 Å². The zero-order valence-corrected chi connectivity index (χ0v) is 63.8. The molecule has 1 aliphatic carbocycles. The summed E-state index contributed by atoms with van der Waals surface area (Å²) in [7, 11) is -3.34. The molecule has 574 valence electrons. The van der Waals surface area contributed by atoms with Crippen molar-refractivity contribution in [2.24, 2.45) is 0 Å². The molecular weight excluding hydrogens is 1400 g/mol. The summed E-state index contributed by atoms with van der Waals surface area (Å²) in [4.78, 5) is 0. The number of hydrogen-bond acceptors (Lipinski definition) is 16. The van der Waals surface area contributed by atoms with Gasteiger partial charge in [-0.3, -0.25) is 0 Å². The fraction of sp³-hybridized carbons (Fsp3) is 0.333. The van der Waals surface area contributed by atoms with Crippen molar-refractivity contribution in [2.75, 3.05) is 19.8 Å². The minimum Gasteiger partial charge on any atom is -0.405 e. The molecule has 3 aliphatic rings. The Morgan fingerprint density at radius 2 is 0.555 bits per heavy atom. The second kappa shape index (κ2) is 40.1. The number of benzene rings is 10. The van der Waals surface area contributed by atoms with Gasteiger partial charge in [-0.1, -0.05) is 330 Å². The van der Waals surface area contributed by atoms with E-state index in [2.05, 4.69) is 75.9 Å². The molecule has 2 saturated heterocycles. The van der Waals surface area contributed by atoms with Gasteiger partial charge in [0.25, 0.3) is 8.32 Å². The third-order valence-corrected chi connectivity index (χ3v) is 25.4. The highest BCUT2D eigenvalue weighted by molar-refractivity contribution is 6.99. The lowest BCUT2D eigenvalue weighted by Gasteiger charge is -2.53. The van der Waals surface area contributed by atoms with Crippen molar-refractivity contribution in [1.82, 2.24) is 0 Å². The first kappa shape index (κ1) is 79.6. The molecule has 7 unspecified atom stereocenters. The third kappa shape index (κ3) is 20.8. The van der Waals surface area contributed by atoms with Crippen LogP contribution in [0.25, 0.3) is 0 Å². The molecule has 0 spiro atoms. The van der Waals surface area contributed by atoms with Gasteiger partial charge < -0.3 is 76.2 Å². The van der Waals surface area contributed by atoms with Crippen molar-refractivity contribution >= 4 is 18.7 Å². The van der Waals surface area contributed by atoms with Crippen molar-refractivity contribution in [1.29, 1.82) is 0 Å². The zero-order chi connectivity index (χ0) is 75.8. The third-order valence-electron chi connectivity index (χ3n) is 20.4. The smallest absolute Gasteiger partial charge is 0.261 e. The number of hydrogen-bond donors (Lipinski definition) is 2. The summed E-state index contributed by atoms with van der Waals surface area (Å²) < 4.78 is 102. The van der Waals surface area contributed by atoms with E-state index < -0.39 is 111 Å². The lowest BCUT2D eigenvalue weighted by molar-refractivity contribution is -0.378. The van der Waals surface area contributed by atoms with E-state index in [0.29, 0.717) is 0 Å². The Morgan fingerprint density at radius 3 is 0.845 bits per heavy atom. The van der Waals surface area contributed by atoms with E-state index in [9.17, 15) is 10.2 Å². The Balaban J connectivity index is 0.953. The predicted molar refractivity (Wildman–Crippen MR) is 424 cm³/mol. The summed E-state index contributed by atoms with van der Waals surface area (Å²) in [5, 5.41) is 28.9. The lowest BCUT2D eigenvalue weighted by Crippen LogP contribution is -2.71. The quantitative estimate of drug-likeness (QED) is 0.0278. The van der Waals surface area contributed by atoms with E-state index in [1.54, 1.807) is 6.08 Å². The van der Waals surface area contributed by atoms with Gasteiger partial charge in [-0.2, -0.15) is 0 Å². The van der Waals surface area contributed by atoms with E-state index in [1.165, 1.54) is 0 Å². The summed E-state index contributed by atoms with van der Waals surface area (Å²) in [5.41, 5.74) is 7.04. The highest BCUT2D eigenvalue weighted by Crippen LogP contribution is 2.43. The van der Waals surface area contributed by atoms with Crippen molar-refractivity contribution in [3.63, 3.8) is 0 Å². The van der Waals surface area contributed by atoms with Crippen molar-refractivity contribution in [3.05, 3.63) is 360 Å². The topological polar surface area (TPSA) is 170 Å². The molecule has 0 amide bonds. The van der Waals surface area contributed by atoms with Gasteiger partial charge in [0.1, 0.15) is 85.5 Å². The second-order valence-electron chi connectivity index (χ2n) is 29.2. The largest absolute Gasteiger partial charge is 0.405 e. The Kier molecular flexibility index (Phi) is 29.0. The maximum atomic E-state index is 13.7. The molecule has 10 aromatic rings. The molecule has 0 aromatic heterocycles. The maximum Gasteiger partial charge on any atom is 0.261 e. The summed E-state index contributed by atoms with van der Waals surface area (Å²) in [6, 6.07) is 99.6. The number of rotatable bonds is 37. The van der Waals surface area contributed by atoms with Crippen molar-refractivity contribution < 1.29 is 76.2 Å². The Bertz CT molecular complexity index is 4200. The normalized spacial score (nSPS) is 25.0. The maximum absolute atomic E-state index is 13.7. The van der Waals surface area contributed by atoms with Gasteiger partial charge in [0.2, 0.25) is 0 Å². The molecule has 2 heterocycles. The molecule has 16 nitrogen and oxygen atoms in total. The minimum absolute atomic E-state index is 0.00746. The molecule has 0 radical (unpaired) electrons. The molecule has 17 heteroatoms. The average Bonchev–Trinajstić information content (AvgIpc) is 0.749. The van der Waals surface area contributed by atoms with Crippen LogP contribution in [0.3, 0.4) is 0 Å². The van der Waals surface area contributed by atoms with Gasteiger partial charge in [0, 0.05) is 0 Å². The zero-order valence-electron chi connectivity index (χ0n) is 62.8. The van der Waals surface area contributed by atoms with E-state index in [0.717, 1.165) is 54.9 Å². The van der Waals surface area contributed by atoms with E-state index in [4.69, 9.17) is 66.0 Å². The minimum atomic E-state index is -3.34. The summed E-state index contributed by atoms with van der Waals surface area (Å²) in [6.45, 7) is 11.7. The molecule has 13 rings (SSSR count). The van der Waals surface area contributed by atoms with Crippen molar-refractivity contribution in [3.8, 4) is 0 Å². The van der Waals surface area contributed by atoms with E-state index in [-0.39, 0.29) is 72.7 Å². The monoisotopic (exact) mass is 1500 g/mol. The Morgan fingerprint density at radius 1 is 0.309 bits per heavy atom. The van der Waals surface area contributed by atoms with Crippen LogP contribution in [0.1, 0.15) is 65.3 Å². The van der Waals surface area contributed by atoms with Crippen LogP contribution >= 0.6 is 0 Å². The molecular formula is C93H102O16Si. The van der Waals surface area contributed by atoms with Crippen molar-refractivity contribution in [2.45, 2.75) is 177 Å². The molecule has 16 atom stereocenters. The van der Waals surface area contributed by atoms with Gasteiger partial charge in [-0.25, -0.2) is 0 Å². The van der Waals surface area contributed by atoms with Crippen LogP contribution in [-0.4, -0.2) is 136 Å². The fourth-order valence-electron chi connectivity index (χ4n) is 14.9. The number of ether oxygens (including phenoxy) is 13. The summed E-state index contributed by atoms with van der Waals surface area (Å²) in [5.74, 6) is 0. The Hall–Kier alpha value is -8.48. The van der Waals surface area contributed by atoms with Crippen LogP contribution in [0.15, 0.2) is 316 Å². The van der Waals surface area contributed by atoms with Crippen LogP contribution in [-0.2, 0) is 119 Å². The van der Waals surface area contributed by atoms with Crippen LogP contribution in [0, 0.1) is 0 Å². The van der Waals surface area contributed by atoms with Gasteiger partial charge in [-0.15, -0.1) is 6.58 Å². The van der Waals surface area contributed by atoms with Gasteiger partial charge in [0.15, 0.2) is 12.6 Å². The Labute approximate surface area is 648 Å². The molecule has 3 fully saturated rings. The summed E-state index contributed by atoms with van der Waals surface area (Å²) >= 11 is 0. The van der Waals surface area contributed by atoms with Gasteiger partial charge in [-0.05, 0) is 59.9 Å². The van der Waals surface area contributed by atoms with Crippen LogP contribution in [0.5, 0.6) is 0 Å². The fourth-order valence-corrected chi connectivity index (χ4v) is 19.5. The van der Waals surface area contributed by atoms with Gasteiger partial charge >= 0.3 is 0 Å². The first-order valence-electron chi connectivity index (χ1n) is 38.2.